The highest BCUT2D eigenvalue weighted by Crippen LogP contribution is 2.21. The zero-order valence-corrected chi connectivity index (χ0v) is 12.7. The fourth-order valence-corrected chi connectivity index (χ4v) is 2.89. The number of nitrogens with one attached hydrogen (secondary N) is 1. The zero-order valence-electron chi connectivity index (χ0n) is 12.7. The van der Waals surface area contributed by atoms with Crippen LogP contribution < -0.4 is 4.74 Å². The summed E-state index contributed by atoms with van der Waals surface area (Å²) in [6.45, 7) is 3.11. The van der Waals surface area contributed by atoms with E-state index in [4.69, 9.17) is 4.74 Å². The lowest BCUT2D eigenvalue weighted by Crippen LogP contribution is -2.34. The largest absolute Gasteiger partial charge is 0.492 e. The molecule has 1 unspecified atom stereocenters. The van der Waals surface area contributed by atoms with Gasteiger partial charge in [-0.05, 0) is 31.0 Å². The molecule has 1 aliphatic heterocycles. The van der Waals surface area contributed by atoms with Crippen LogP contribution in [-0.4, -0.2) is 45.2 Å². The third-order valence-corrected chi connectivity index (χ3v) is 4.01. The first kappa shape index (κ1) is 14.6. The number of hydrogen-bond donors (Lipinski definition) is 1. The van der Waals surface area contributed by atoms with E-state index in [2.05, 4.69) is 15.2 Å². The highest BCUT2D eigenvalue weighted by atomic mass is 16.5. The summed E-state index contributed by atoms with van der Waals surface area (Å²) in [5.74, 6) is 0.906. The number of aromatic amines is 1. The van der Waals surface area contributed by atoms with Crippen LogP contribution in [0.15, 0.2) is 30.6 Å². The Hall–Kier alpha value is -2.37. The van der Waals surface area contributed by atoms with Gasteiger partial charge >= 0.3 is 0 Å². The van der Waals surface area contributed by atoms with E-state index in [-0.39, 0.29) is 5.91 Å². The Morgan fingerprint density at radius 3 is 3.05 bits per heavy atom. The van der Waals surface area contributed by atoms with Crippen molar-refractivity contribution >= 4 is 5.91 Å². The molecular formula is C16H20N4O2. The summed E-state index contributed by atoms with van der Waals surface area (Å²) in [5, 5.41) is 6.79. The van der Waals surface area contributed by atoms with Crippen molar-refractivity contribution < 1.29 is 9.53 Å². The summed E-state index contributed by atoms with van der Waals surface area (Å²) in [5.41, 5.74) is 1.72. The Labute approximate surface area is 129 Å². The average Bonchev–Trinajstić information content (AvgIpc) is 3.19. The quantitative estimate of drug-likeness (QED) is 0.919. The van der Waals surface area contributed by atoms with Crippen LogP contribution in [0.2, 0.25) is 0 Å². The number of amides is 1. The number of ether oxygens (including phenoxy) is 1. The third-order valence-electron chi connectivity index (χ3n) is 4.01. The highest BCUT2D eigenvalue weighted by Gasteiger charge is 2.25. The van der Waals surface area contributed by atoms with Crippen molar-refractivity contribution in [2.75, 3.05) is 13.2 Å². The van der Waals surface area contributed by atoms with E-state index in [1.165, 1.54) is 0 Å². The number of hydrogen-bond acceptors (Lipinski definition) is 4. The van der Waals surface area contributed by atoms with Gasteiger partial charge in [-0.15, -0.1) is 0 Å². The van der Waals surface area contributed by atoms with E-state index >= 15 is 0 Å². The molecule has 0 spiro atoms. The van der Waals surface area contributed by atoms with E-state index in [0.29, 0.717) is 12.6 Å². The van der Waals surface area contributed by atoms with Crippen molar-refractivity contribution in [1.29, 1.82) is 0 Å². The number of H-pyrrole nitrogens is 1. The number of nitrogens with zero attached hydrogens (tertiary/aromatic N) is 3. The molecule has 2 aromatic rings. The molecule has 3 heterocycles. The Bertz CT molecular complexity index is 610. The van der Waals surface area contributed by atoms with Crippen LogP contribution in [0.3, 0.4) is 0 Å². The Morgan fingerprint density at radius 1 is 1.45 bits per heavy atom. The summed E-state index contributed by atoms with van der Waals surface area (Å²) in [6, 6.07) is 6.00. The van der Waals surface area contributed by atoms with Crippen LogP contribution in [0.1, 0.15) is 26.2 Å². The molecule has 0 aromatic carbocycles. The van der Waals surface area contributed by atoms with Crippen molar-refractivity contribution in [1.82, 2.24) is 20.1 Å². The Morgan fingerprint density at radius 2 is 2.36 bits per heavy atom. The van der Waals surface area contributed by atoms with Gasteiger partial charge in [0.1, 0.15) is 5.75 Å². The van der Waals surface area contributed by atoms with Gasteiger partial charge in [0.15, 0.2) is 0 Å². The molecule has 22 heavy (non-hydrogen) atoms. The van der Waals surface area contributed by atoms with Crippen molar-refractivity contribution in [3.05, 3.63) is 30.6 Å². The van der Waals surface area contributed by atoms with E-state index in [9.17, 15) is 4.79 Å². The third kappa shape index (κ3) is 3.27. The van der Waals surface area contributed by atoms with E-state index in [1.54, 1.807) is 19.3 Å². The van der Waals surface area contributed by atoms with E-state index in [1.807, 2.05) is 23.1 Å². The first-order chi connectivity index (χ1) is 10.7. The van der Waals surface area contributed by atoms with E-state index in [0.717, 1.165) is 42.9 Å². The smallest absolute Gasteiger partial charge is 0.219 e. The van der Waals surface area contributed by atoms with Crippen molar-refractivity contribution in [2.45, 2.75) is 32.2 Å². The molecule has 1 fully saturated rings. The molecule has 1 saturated heterocycles. The molecule has 0 radical (unpaired) electrons. The number of carbonyl (C=O) groups excluding carboxylic acids is 1. The Balaban J connectivity index is 1.51. The second-order valence-electron chi connectivity index (χ2n) is 5.50. The monoisotopic (exact) mass is 300 g/mol. The van der Waals surface area contributed by atoms with Gasteiger partial charge < -0.3 is 9.64 Å². The predicted molar refractivity (Wildman–Crippen MR) is 82.3 cm³/mol. The molecule has 0 saturated carbocycles. The van der Waals surface area contributed by atoms with Crippen LogP contribution in [0.4, 0.5) is 0 Å². The number of likely N-dealkylation sites (tertiary alicyclic amines) is 1. The predicted octanol–water partition coefficient (Wildman–Crippen LogP) is 2.25. The maximum Gasteiger partial charge on any atom is 0.219 e. The number of aromatic nitrogens is 3. The second kappa shape index (κ2) is 6.60. The lowest BCUT2D eigenvalue weighted by Gasteiger charge is -2.23. The topological polar surface area (TPSA) is 71.1 Å². The second-order valence-corrected chi connectivity index (χ2v) is 5.50. The van der Waals surface area contributed by atoms with Gasteiger partial charge in [0.25, 0.3) is 0 Å². The summed E-state index contributed by atoms with van der Waals surface area (Å²) >= 11 is 0. The number of carbonyl (C=O) groups is 1. The molecule has 1 N–H and O–H groups in total. The van der Waals surface area contributed by atoms with E-state index < -0.39 is 0 Å². The molecule has 1 aliphatic rings. The summed E-state index contributed by atoms with van der Waals surface area (Å²) in [6.07, 6.45) is 6.43. The molecule has 3 rings (SSSR count). The fourth-order valence-electron chi connectivity index (χ4n) is 2.89. The van der Waals surface area contributed by atoms with Gasteiger partial charge in [0.05, 0.1) is 24.2 Å². The van der Waals surface area contributed by atoms with Crippen LogP contribution in [0.5, 0.6) is 5.75 Å². The van der Waals surface area contributed by atoms with Crippen LogP contribution in [0.25, 0.3) is 11.4 Å². The number of rotatable bonds is 5. The molecule has 0 aliphatic carbocycles. The van der Waals surface area contributed by atoms with Crippen molar-refractivity contribution in [2.24, 2.45) is 0 Å². The minimum Gasteiger partial charge on any atom is -0.492 e. The van der Waals surface area contributed by atoms with Gasteiger partial charge in [-0.2, -0.15) is 5.10 Å². The molecule has 1 amide bonds. The van der Waals surface area contributed by atoms with Gasteiger partial charge in [-0.1, -0.05) is 0 Å². The van der Waals surface area contributed by atoms with Crippen LogP contribution >= 0.6 is 0 Å². The summed E-state index contributed by atoms with van der Waals surface area (Å²) in [7, 11) is 0. The molecule has 116 valence electrons. The standard InChI is InChI=1S/C16H20N4O2/c1-12(21)20-9-2-3-13(20)7-10-22-14-4-5-15(17-11-14)16-6-8-18-19-16/h4-6,8,11,13H,2-3,7,9-10H2,1H3,(H,18,19). The molecule has 2 aromatic heterocycles. The first-order valence-electron chi connectivity index (χ1n) is 7.60. The first-order valence-corrected chi connectivity index (χ1v) is 7.60. The summed E-state index contributed by atoms with van der Waals surface area (Å²) in [4.78, 5) is 17.8. The number of pyridine rings is 1. The molecule has 6 heteroatoms. The highest BCUT2D eigenvalue weighted by molar-refractivity contribution is 5.73. The van der Waals surface area contributed by atoms with Gasteiger partial charge in [0, 0.05) is 32.1 Å². The molecular weight excluding hydrogens is 280 g/mol. The molecule has 0 bridgehead atoms. The van der Waals surface area contributed by atoms with Crippen molar-refractivity contribution in [3.63, 3.8) is 0 Å². The SMILES string of the molecule is CC(=O)N1CCCC1CCOc1ccc(-c2ccn[nH]2)nc1. The van der Waals surface area contributed by atoms with Crippen LogP contribution in [0, 0.1) is 0 Å². The van der Waals surface area contributed by atoms with Gasteiger partial charge in [0.2, 0.25) is 5.91 Å². The van der Waals surface area contributed by atoms with Gasteiger partial charge in [-0.3, -0.25) is 14.9 Å². The normalized spacial score (nSPS) is 17.7. The zero-order chi connectivity index (χ0) is 15.4. The van der Waals surface area contributed by atoms with Crippen LogP contribution in [-0.2, 0) is 4.79 Å². The van der Waals surface area contributed by atoms with Crippen molar-refractivity contribution in [3.8, 4) is 17.1 Å². The summed E-state index contributed by atoms with van der Waals surface area (Å²) < 4.78 is 5.74. The Kier molecular flexibility index (Phi) is 4.37. The average molecular weight is 300 g/mol. The van der Waals surface area contributed by atoms with Gasteiger partial charge in [-0.25, -0.2) is 0 Å². The minimum atomic E-state index is 0.160. The fraction of sp³-hybridized carbons (Fsp3) is 0.438. The minimum absolute atomic E-state index is 0.160. The molecule has 1 atom stereocenters. The lowest BCUT2D eigenvalue weighted by atomic mass is 10.1. The molecule has 6 nitrogen and oxygen atoms in total. The maximum absolute atomic E-state index is 11.5. The lowest BCUT2D eigenvalue weighted by molar-refractivity contribution is -0.129. The maximum atomic E-state index is 11.5.